The van der Waals surface area contributed by atoms with Crippen molar-refractivity contribution in [1.82, 2.24) is 9.97 Å². The second-order valence-electron chi connectivity index (χ2n) is 12.5. The van der Waals surface area contributed by atoms with Crippen LogP contribution in [0.15, 0.2) is 156 Å². The van der Waals surface area contributed by atoms with Crippen LogP contribution >= 0.6 is 0 Å². The van der Waals surface area contributed by atoms with Crippen LogP contribution in [0.2, 0.25) is 17.3 Å². The molecule has 0 aliphatic rings. The van der Waals surface area contributed by atoms with E-state index in [1.54, 1.807) is 0 Å². The van der Waals surface area contributed by atoms with E-state index in [-0.39, 0.29) is 20.1 Å². The SMILES string of the molecule is [CH3][Ge]([CH3])([CH3])[c]1ccc(-c2[c-]cccc2)nc1.[Ir].[c-]1ccc2c(oc3ccc(-c4ccccc4)cc32)c1-c1cc(-c2ccccc2)ccn1. The molecule has 0 atom stereocenters. The van der Waals surface area contributed by atoms with Gasteiger partial charge in [-0.05, 0) is 46.1 Å². The molecule has 0 bridgehead atoms. The fraction of sp³-hybridized carbons (Fsp3) is 0.0698. The molecule has 0 saturated carbocycles. The fourth-order valence-corrected chi connectivity index (χ4v) is 7.84. The van der Waals surface area contributed by atoms with Gasteiger partial charge in [-0.1, -0.05) is 83.7 Å². The van der Waals surface area contributed by atoms with Gasteiger partial charge in [0, 0.05) is 31.7 Å². The average molecular weight is 860 g/mol. The van der Waals surface area contributed by atoms with Crippen molar-refractivity contribution >= 4 is 39.6 Å². The fourth-order valence-electron chi connectivity index (χ4n) is 5.67. The molecule has 48 heavy (non-hydrogen) atoms. The van der Waals surface area contributed by atoms with E-state index in [9.17, 15) is 0 Å². The summed E-state index contributed by atoms with van der Waals surface area (Å²) in [6.07, 6.45) is 3.89. The molecule has 3 nitrogen and oxygen atoms in total. The van der Waals surface area contributed by atoms with Crippen molar-refractivity contribution in [2.45, 2.75) is 17.3 Å². The van der Waals surface area contributed by atoms with E-state index in [4.69, 9.17) is 4.42 Å². The van der Waals surface area contributed by atoms with Crippen LogP contribution in [0.1, 0.15) is 0 Å². The topological polar surface area (TPSA) is 38.9 Å². The molecule has 0 spiro atoms. The van der Waals surface area contributed by atoms with Gasteiger partial charge in [0.2, 0.25) is 0 Å². The van der Waals surface area contributed by atoms with Crippen LogP contribution in [0.5, 0.6) is 0 Å². The number of pyridine rings is 2. The minimum atomic E-state index is -1.72. The molecule has 1 radical (unpaired) electrons. The van der Waals surface area contributed by atoms with E-state index in [1.807, 2.05) is 73.1 Å². The quantitative estimate of drug-likeness (QED) is 0.128. The Labute approximate surface area is 298 Å². The number of furan rings is 1. The summed E-state index contributed by atoms with van der Waals surface area (Å²) in [5, 5.41) is 2.18. The zero-order valence-corrected chi connectivity index (χ0v) is 31.6. The molecule has 3 heterocycles. The first-order chi connectivity index (χ1) is 22.9. The third-order valence-electron chi connectivity index (χ3n) is 8.28. The maximum absolute atomic E-state index is 6.30. The Bertz CT molecular complexity index is 2260. The van der Waals surface area contributed by atoms with Crippen molar-refractivity contribution in [2.75, 3.05) is 0 Å². The van der Waals surface area contributed by atoms with Crippen molar-refractivity contribution in [3.63, 3.8) is 0 Å². The third-order valence-corrected chi connectivity index (χ3v) is 12.5. The molecule has 8 rings (SSSR count). The number of nitrogens with zero attached hydrogens (tertiary/aromatic N) is 2. The van der Waals surface area contributed by atoms with Crippen molar-refractivity contribution in [2.24, 2.45) is 0 Å². The van der Waals surface area contributed by atoms with E-state index < -0.39 is 13.3 Å². The van der Waals surface area contributed by atoms with Crippen LogP contribution in [0.4, 0.5) is 0 Å². The molecule has 3 aromatic heterocycles. The molecule has 0 fully saturated rings. The van der Waals surface area contributed by atoms with Crippen molar-refractivity contribution in [3.05, 3.63) is 164 Å². The van der Waals surface area contributed by atoms with Gasteiger partial charge in [-0.25, -0.2) is 0 Å². The predicted octanol–water partition coefficient (Wildman–Crippen LogP) is 10.9. The van der Waals surface area contributed by atoms with Gasteiger partial charge < -0.3 is 9.40 Å². The van der Waals surface area contributed by atoms with Gasteiger partial charge in [0.05, 0.1) is 5.58 Å². The molecule has 0 N–H and O–H groups in total. The number of hydrogen-bond donors (Lipinski definition) is 0. The maximum Gasteiger partial charge on any atom is 0.120 e. The Morgan fingerprint density at radius 3 is 1.92 bits per heavy atom. The first-order valence-corrected chi connectivity index (χ1v) is 23.2. The van der Waals surface area contributed by atoms with E-state index in [1.165, 1.54) is 15.5 Å². The van der Waals surface area contributed by atoms with Gasteiger partial charge in [-0.15, -0.1) is 18.2 Å². The summed E-state index contributed by atoms with van der Waals surface area (Å²) in [5.74, 6) is 7.14. The molecule has 5 aromatic carbocycles. The van der Waals surface area contributed by atoms with Crippen LogP contribution < -0.4 is 4.40 Å². The van der Waals surface area contributed by atoms with Gasteiger partial charge in [-0.2, -0.15) is 0 Å². The van der Waals surface area contributed by atoms with Gasteiger partial charge in [0.15, 0.2) is 0 Å². The molecule has 0 aliphatic heterocycles. The third kappa shape index (κ3) is 7.27. The van der Waals surface area contributed by atoms with E-state index in [0.717, 1.165) is 55.6 Å². The molecule has 0 aliphatic carbocycles. The standard InChI is InChI=1S/C29H18NO.C14H16GeN.Ir/c1-3-8-20(9-4-1)22-14-15-28-26(18-22)24-12-7-13-25(29(24)31-28)27-19-23(16-17-30-27)21-10-5-2-6-11-21;1-15(2,3)13-9-10-14(16-11-13)12-7-5-4-6-8-12;/h1-12,14-19H;4-7,9-11H,1-3H3;/q2*-1;. The Balaban J connectivity index is 0.000000201. The molecule has 237 valence electrons. The normalized spacial score (nSPS) is 11.1. The zero-order valence-electron chi connectivity index (χ0n) is 27.1. The molecule has 8 aromatic rings. The summed E-state index contributed by atoms with van der Waals surface area (Å²) < 4.78 is 7.75. The van der Waals surface area contributed by atoms with Crippen molar-refractivity contribution < 1.29 is 24.5 Å². The maximum atomic E-state index is 6.30. The number of rotatable bonds is 5. The molecule has 0 amide bonds. The number of aromatic nitrogens is 2. The second kappa shape index (κ2) is 14.7. The van der Waals surface area contributed by atoms with Crippen LogP contribution in [0, 0.1) is 12.1 Å². The van der Waals surface area contributed by atoms with Gasteiger partial charge >= 0.3 is 99.8 Å². The summed E-state index contributed by atoms with van der Waals surface area (Å²) in [7, 11) is 0. The zero-order chi connectivity index (χ0) is 32.2. The monoisotopic (exact) mass is 861 g/mol. The van der Waals surface area contributed by atoms with Crippen LogP contribution in [0.3, 0.4) is 0 Å². The first kappa shape index (κ1) is 33.3. The van der Waals surface area contributed by atoms with Crippen LogP contribution in [-0.4, -0.2) is 23.2 Å². The molecule has 0 unspecified atom stereocenters. The number of fused-ring (bicyclic) bond motifs is 3. The van der Waals surface area contributed by atoms with Crippen LogP contribution in [-0.2, 0) is 20.1 Å². The van der Waals surface area contributed by atoms with Crippen molar-refractivity contribution in [3.8, 4) is 44.8 Å². The minimum absolute atomic E-state index is 0. The minimum Gasteiger partial charge on any atom is -0.501 e. The smallest absolute Gasteiger partial charge is 0.120 e. The molecule has 5 heteroatoms. The summed E-state index contributed by atoms with van der Waals surface area (Å²) in [5.41, 5.74) is 10.2. The van der Waals surface area contributed by atoms with Crippen molar-refractivity contribution in [1.29, 1.82) is 0 Å². The van der Waals surface area contributed by atoms with Gasteiger partial charge in [0.25, 0.3) is 0 Å². The number of hydrogen-bond acceptors (Lipinski definition) is 3. The average Bonchev–Trinajstić information content (AvgIpc) is 3.51. The molecular formula is C43H34GeIrN2O-2. The Kier molecular flexibility index (Phi) is 10.2. The van der Waals surface area contributed by atoms with Gasteiger partial charge in [-0.3, -0.25) is 0 Å². The Morgan fingerprint density at radius 1 is 0.562 bits per heavy atom. The summed E-state index contributed by atoms with van der Waals surface area (Å²) in [6.45, 7) is 0. The van der Waals surface area contributed by atoms with E-state index in [0.29, 0.717) is 0 Å². The number of benzene rings is 5. The molecular weight excluding hydrogens is 825 g/mol. The predicted molar refractivity (Wildman–Crippen MR) is 198 cm³/mol. The Hall–Kier alpha value is -4.61. The Morgan fingerprint density at radius 2 is 1.27 bits per heavy atom. The molecule has 0 saturated heterocycles. The van der Waals surface area contributed by atoms with E-state index >= 15 is 0 Å². The summed E-state index contributed by atoms with van der Waals surface area (Å²) in [6, 6.07) is 54.1. The summed E-state index contributed by atoms with van der Waals surface area (Å²) >= 11 is -1.72. The largest absolute Gasteiger partial charge is 0.501 e. The van der Waals surface area contributed by atoms with Crippen LogP contribution in [0.25, 0.3) is 66.7 Å². The second-order valence-corrected chi connectivity index (χ2v) is 23.2. The van der Waals surface area contributed by atoms with Gasteiger partial charge in [0.1, 0.15) is 5.58 Å². The first-order valence-electron chi connectivity index (χ1n) is 15.8. The summed E-state index contributed by atoms with van der Waals surface area (Å²) in [4.78, 5) is 9.16. The van der Waals surface area contributed by atoms with E-state index in [2.05, 4.69) is 118 Å².